The van der Waals surface area contributed by atoms with Crippen LogP contribution in [0.2, 0.25) is 0 Å². The minimum Gasteiger partial charge on any atom is -0.495 e. The molecule has 2 aromatic carbocycles. The predicted molar refractivity (Wildman–Crippen MR) is 78.3 cm³/mol. The number of benzene rings is 2. The van der Waals surface area contributed by atoms with Gasteiger partial charge in [0.2, 0.25) is 10.0 Å². The van der Waals surface area contributed by atoms with E-state index in [-0.39, 0.29) is 4.31 Å². The molecule has 0 saturated heterocycles. The highest BCUT2D eigenvalue weighted by Crippen LogP contribution is 2.35. The highest BCUT2D eigenvalue weighted by molar-refractivity contribution is 7.89. The first-order valence-corrected chi connectivity index (χ1v) is 6.68. The van der Waals surface area contributed by atoms with Crippen LogP contribution < -0.4 is 4.74 Å². The second-order valence-corrected chi connectivity index (χ2v) is 5.75. The summed E-state index contributed by atoms with van der Waals surface area (Å²) in [6.45, 7) is -2.16. The fraction of sp³-hybridized carbons (Fsp3) is 0.214. The maximum Gasteiger partial charge on any atom is 0.339 e. The third kappa shape index (κ3) is 2.45. The van der Waals surface area contributed by atoms with E-state index in [9.17, 15) is 13.2 Å². The lowest BCUT2D eigenvalue weighted by atomic mass is 10.1. The average Bonchev–Trinajstić information content (AvgIpc) is 2.67. The van der Waals surface area contributed by atoms with Gasteiger partial charge in [-0.05, 0) is 6.04 Å². The van der Waals surface area contributed by atoms with Crippen molar-refractivity contribution in [3.05, 3.63) is 35.8 Å². The van der Waals surface area contributed by atoms with E-state index in [2.05, 4.69) is 5.11 Å². The number of aromatic carboxylic acids is 1. The Morgan fingerprint density at radius 3 is 2.76 bits per heavy atom. The van der Waals surface area contributed by atoms with Gasteiger partial charge in [-0.3, -0.25) is 0 Å². The maximum absolute atomic E-state index is 13.1. The van der Waals surface area contributed by atoms with E-state index in [0.29, 0.717) is 0 Å². The van der Waals surface area contributed by atoms with Crippen molar-refractivity contribution >= 4 is 26.8 Å². The van der Waals surface area contributed by atoms with Crippen molar-refractivity contribution in [3.63, 3.8) is 0 Å². The van der Waals surface area contributed by atoms with Gasteiger partial charge in [-0.2, -0.15) is 0 Å². The van der Waals surface area contributed by atoms with E-state index >= 15 is 0 Å². The number of hydrogen-bond donors (Lipinski definition) is 1. The molecule has 0 aliphatic rings. The van der Waals surface area contributed by atoms with Gasteiger partial charge in [0.15, 0.2) is 0 Å². The maximum atomic E-state index is 13.1. The van der Waals surface area contributed by atoms with Gasteiger partial charge in [0.1, 0.15) is 11.3 Å². The van der Waals surface area contributed by atoms with Gasteiger partial charge in [-0.25, -0.2) is 17.5 Å². The van der Waals surface area contributed by atoms with Crippen LogP contribution in [0.25, 0.3) is 12.2 Å². The number of ether oxygens (including phenoxy) is 1. The minimum atomic E-state index is -5.03. The number of rotatable bonds is 4. The van der Waals surface area contributed by atoms with Crippen molar-refractivity contribution in [1.29, 1.82) is 1.43 Å². The molecular formula is C14H15NO5S. The van der Waals surface area contributed by atoms with Gasteiger partial charge in [-0.1, -0.05) is 24.2 Å². The van der Waals surface area contributed by atoms with Crippen LogP contribution in [0.4, 0.5) is 0 Å². The largest absolute Gasteiger partial charge is 0.495 e. The van der Waals surface area contributed by atoms with Crippen molar-refractivity contribution in [3.8, 4) is 5.75 Å². The topological polar surface area (TPSA) is 83.9 Å². The lowest BCUT2D eigenvalue weighted by Crippen LogP contribution is -2.23. The molecule has 0 bridgehead atoms. The summed E-state index contributed by atoms with van der Waals surface area (Å²) < 4.78 is 115. The zero-order chi connectivity index (χ0) is 24.9. The predicted octanol–water partition coefficient (Wildman–Crippen LogP) is 1.80. The Kier molecular flexibility index (Phi) is 1.61. The van der Waals surface area contributed by atoms with Crippen molar-refractivity contribution in [2.45, 2.75) is 4.90 Å². The second-order valence-electron chi connectivity index (χ2n) is 3.82. The Morgan fingerprint density at radius 2 is 2.14 bits per heavy atom. The molecule has 21 heavy (non-hydrogen) atoms. The van der Waals surface area contributed by atoms with E-state index in [4.69, 9.17) is 19.9 Å². The molecule has 2 rings (SSSR count). The summed E-state index contributed by atoms with van der Waals surface area (Å²) in [4.78, 5) is 11.0. The van der Waals surface area contributed by atoms with Crippen LogP contribution in [0.5, 0.6) is 5.75 Å². The van der Waals surface area contributed by atoms with Gasteiger partial charge in [0.25, 0.3) is 1.43 Å². The number of methoxy groups -OCH3 is 1. The molecule has 0 aliphatic heterocycles. The number of nitrogens with zero attached hydrogens (tertiary/aromatic N) is 1. The van der Waals surface area contributed by atoms with Crippen LogP contribution >= 0.6 is 0 Å². The van der Waals surface area contributed by atoms with Crippen molar-refractivity contribution in [1.82, 2.24) is 4.31 Å². The van der Waals surface area contributed by atoms with Crippen molar-refractivity contribution in [2.24, 2.45) is 0 Å². The molecule has 112 valence electrons. The average molecular weight is 320 g/mol. The number of sulfonamides is 1. The number of hydrogen-bond acceptors (Lipinski definition) is 5. The van der Waals surface area contributed by atoms with Gasteiger partial charge in [-0.15, -0.1) is 0 Å². The molecule has 0 aromatic heterocycles. The first kappa shape index (κ1) is 6.33. The summed E-state index contributed by atoms with van der Waals surface area (Å²) in [7, 11) is -7.57. The molecule has 6 nitrogen and oxygen atoms in total. The number of carbonyl (C=O) groups is 1. The Bertz CT molecular complexity index is 1210. The van der Waals surface area contributed by atoms with Crippen LogP contribution in [-0.4, -0.2) is 44.9 Å². The van der Waals surface area contributed by atoms with Crippen LogP contribution in [0.15, 0.2) is 35.1 Å². The second kappa shape index (κ2) is 5.34. The first-order valence-electron chi connectivity index (χ1n) is 10.8. The highest BCUT2D eigenvalue weighted by atomic mass is 32.2. The summed E-state index contributed by atoms with van der Waals surface area (Å²) in [6, 6.07) is -5.17. The molecule has 0 aliphatic carbocycles. The van der Waals surface area contributed by atoms with E-state index in [1.165, 1.54) is 0 Å². The van der Waals surface area contributed by atoms with E-state index in [1.54, 1.807) is 0 Å². The standard InChI is InChI=1S/C14H15NO5S/c1-15(2)21(18,19)12-8-11(14(16)17)13(20-3)10-7-5-4-6-9(10)12/h4-8H,1-3H3,(H,16,17)/i1D2,3D3,4D,5D,6D,7D,8D/hD. The van der Waals surface area contributed by atoms with Crippen LogP contribution in [0, 0.1) is 0 Å². The Hall–Kier alpha value is -2.12. The number of fused-ring (bicyclic) bond motifs is 1. The molecule has 1 N–H and O–H groups in total. The molecule has 0 spiro atoms. The van der Waals surface area contributed by atoms with E-state index in [0.717, 1.165) is 7.05 Å². The highest BCUT2D eigenvalue weighted by Gasteiger charge is 2.25. The third-order valence-corrected chi connectivity index (χ3v) is 4.13. The smallest absolute Gasteiger partial charge is 0.339 e. The lowest BCUT2D eigenvalue weighted by molar-refractivity contribution is 0.0693. The Morgan fingerprint density at radius 1 is 1.43 bits per heavy atom. The Balaban J connectivity index is 3.36. The molecule has 0 heterocycles. The summed E-state index contributed by atoms with van der Waals surface area (Å²) in [6.07, 6.45) is 0. The van der Waals surface area contributed by atoms with Crippen LogP contribution in [0.1, 0.15) is 24.1 Å². The zero-order valence-electron chi connectivity index (χ0n) is 21.5. The summed E-state index contributed by atoms with van der Waals surface area (Å²) >= 11 is 0. The molecular weight excluding hydrogens is 294 g/mol. The molecule has 0 atom stereocenters. The normalized spacial score (nSPS) is 19.9. The van der Waals surface area contributed by atoms with Gasteiger partial charge >= 0.3 is 5.97 Å². The molecule has 2 aromatic rings. The summed E-state index contributed by atoms with van der Waals surface area (Å²) in [5.41, 5.74) is -1.20. The molecule has 0 saturated carbocycles. The molecule has 0 unspecified atom stereocenters. The van der Waals surface area contributed by atoms with Crippen molar-refractivity contribution in [2.75, 3.05) is 21.1 Å². The summed E-state index contributed by atoms with van der Waals surface area (Å²) in [5.74, 6) is -2.85. The lowest BCUT2D eigenvalue weighted by Gasteiger charge is -2.16. The molecule has 0 radical (unpaired) electrons. The molecule has 7 heteroatoms. The monoisotopic (exact) mass is 320 g/mol. The van der Waals surface area contributed by atoms with E-state index < -0.39 is 87.2 Å². The van der Waals surface area contributed by atoms with E-state index in [1.807, 2.05) is 0 Å². The molecule has 0 fully saturated rings. The minimum absolute atomic E-state index is 0.140. The SMILES string of the molecule is [2H]OC(=O)c1c([2H])c(S(=O)(=O)N(C)C([2H])[2H])c2c([2H])c([2H])c([2H])c([2H])c2c1OC([2H])([2H])[2H]. The summed E-state index contributed by atoms with van der Waals surface area (Å²) in [5, 5.41) is 2.01. The van der Waals surface area contributed by atoms with Gasteiger partial charge in [0.05, 0.1) is 22.9 Å². The zero-order valence-corrected chi connectivity index (χ0v) is 11.3. The fourth-order valence-electron chi connectivity index (χ4n) is 1.59. The quantitative estimate of drug-likeness (QED) is 0.928. The van der Waals surface area contributed by atoms with Gasteiger partial charge in [0, 0.05) is 27.6 Å². The van der Waals surface area contributed by atoms with Crippen LogP contribution in [0.3, 0.4) is 0 Å². The fourth-order valence-corrected chi connectivity index (χ4v) is 2.52. The number of carboxylic acids is 1. The third-order valence-electron chi connectivity index (χ3n) is 2.55. The first-order chi connectivity index (χ1) is 14.5. The number of carboxylic acid groups (broad SMARTS) is 1. The van der Waals surface area contributed by atoms with Crippen LogP contribution in [-0.2, 0) is 10.0 Å². The molecule has 0 amide bonds. The Labute approximate surface area is 138 Å². The van der Waals surface area contributed by atoms with Gasteiger partial charge < -0.3 is 9.85 Å². The van der Waals surface area contributed by atoms with Crippen molar-refractivity contribution < 1.29 is 36.8 Å².